The van der Waals surface area contributed by atoms with Crippen LogP contribution < -0.4 is 10.1 Å². The molecule has 1 aromatic rings. The van der Waals surface area contributed by atoms with Crippen LogP contribution in [-0.4, -0.2) is 30.3 Å². The van der Waals surface area contributed by atoms with E-state index in [1.165, 1.54) is 25.3 Å². The Labute approximate surface area is 117 Å². The molecule has 0 heterocycles. The van der Waals surface area contributed by atoms with Gasteiger partial charge in [0.2, 0.25) is 0 Å². The van der Waals surface area contributed by atoms with Crippen LogP contribution in [0.3, 0.4) is 0 Å². The Bertz CT molecular complexity index is 478. The van der Waals surface area contributed by atoms with E-state index >= 15 is 0 Å². The number of carbonyl (C=O) groups is 1. The zero-order chi connectivity index (χ0) is 14.5. The first-order valence-corrected chi connectivity index (χ1v) is 6.94. The van der Waals surface area contributed by atoms with E-state index in [2.05, 4.69) is 5.32 Å². The predicted molar refractivity (Wildman–Crippen MR) is 73.3 cm³/mol. The van der Waals surface area contributed by atoms with Gasteiger partial charge in [0.1, 0.15) is 0 Å². The third kappa shape index (κ3) is 3.48. The molecule has 110 valence electrons. The van der Waals surface area contributed by atoms with Gasteiger partial charge in [-0.25, -0.2) is 4.39 Å². The highest BCUT2D eigenvalue weighted by molar-refractivity contribution is 5.94. The maximum absolute atomic E-state index is 13.3. The largest absolute Gasteiger partial charge is 0.494 e. The number of carbonyl (C=O) groups excluding carboxylic acids is 1. The van der Waals surface area contributed by atoms with Crippen LogP contribution in [0, 0.1) is 5.82 Å². The van der Waals surface area contributed by atoms with Gasteiger partial charge in [-0.1, -0.05) is 19.3 Å². The van der Waals surface area contributed by atoms with E-state index in [0.29, 0.717) is 12.0 Å². The molecule has 4 nitrogen and oxygen atoms in total. The lowest BCUT2D eigenvalue weighted by Gasteiger charge is -2.21. The molecule has 0 spiro atoms. The fourth-order valence-electron chi connectivity index (χ4n) is 2.51. The van der Waals surface area contributed by atoms with E-state index in [1.54, 1.807) is 0 Å². The van der Waals surface area contributed by atoms with Crippen molar-refractivity contribution in [2.24, 2.45) is 0 Å². The SMILES string of the molecule is COc1cc(C(=O)NC2CCCCCC2O)ccc1F. The third-order valence-corrected chi connectivity index (χ3v) is 3.71. The van der Waals surface area contributed by atoms with Crippen molar-refractivity contribution in [3.05, 3.63) is 29.6 Å². The average Bonchev–Trinajstić information content (AvgIpc) is 2.64. The Morgan fingerprint density at radius 1 is 1.35 bits per heavy atom. The fourth-order valence-corrected chi connectivity index (χ4v) is 2.51. The molecule has 5 heteroatoms. The quantitative estimate of drug-likeness (QED) is 0.836. The number of amides is 1. The summed E-state index contributed by atoms with van der Waals surface area (Å²) in [5.74, 6) is -0.771. The highest BCUT2D eigenvalue weighted by Crippen LogP contribution is 2.20. The smallest absolute Gasteiger partial charge is 0.251 e. The van der Waals surface area contributed by atoms with Gasteiger partial charge in [-0.15, -0.1) is 0 Å². The first kappa shape index (κ1) is 14.8. The summed E-state index contributed by atoms with van der Waals surface area (Å²) in [4.78, 5) is 12.1. The number of aliphatic hydroxyl groups excluding tert-OH is 1. The molecule has 1 amide bonds. The molecule has 1 aliphatic rings. The number of aliphatic hydroxyl groups is 1. The topological polar surface area (TPSA) is 58.6 Å². The van der Waals surface area contributed by atoms with Crippen LogP contribution in [0.15, 0.2) is 18.2 Å². The normalized spacial score (nSPS) is 22.9. The first-order valence-electron chi connectivity index (χ1n) is 6.94. The second-order valence-corrected chi connectivity index (χ2v) is 5.13. The third-order valence-electron chi connectivity index (χ3n) is 3.71. The highest BCUT2D eigenvalue weighted by atomic mass is 19.1. The van der Waals surface area contributed by atoms with E-state index in [9.17, 15) is 14.3 Å². The molecule has 1 saturated carbocycles. The molecule has 2 N–H and O–H groups in total. The van der Waals surface area contributed by atoms with Crippen LogP contribution >= 0.6 is 0 Å². The van der Waals surface area contributed by atoms with Crippen LogP contribution in [0.1, 0.15) is 42.5 Å². The Kier molecular flexibility index (Phi) is 4.95. The number of benzene rings is 1. The summed E-state index contributed by atoms with van der Waals surface area (Å²) in [6.07, 6.45) is 4.02. The van der Waals surface area contributed by atoms with Crippen molar-refractivity contribution in [1.82, 2.24) is 5.32 Å². The monoisotopic (exact) mass is 281 g/mol. The van der Waals surface area contributed by atoms with Crippen molar-refractivity contribution < 1.29 is 19.0 Å². The molecule has 0 aliphatic heterocycles. The highest BCUT2D eigenvalue weighted by Gasteiger charge is 2.23. The van der Waals surface area contributed by atoms with Gasteiger partial charge in [-0.05, 0) is 31.0 Å². The lowest BCUT2D eigenvalue weighted by molar-refractivity contribution is 0.0818. The Hall–Kier alpha value is -1.62. The number of nitrogens with one attached hydrogen (secondary N) is 1. The Morgan fingerprint density at radius 3 is 2.85 bits per heavy atom. The van der Waals surface area contributed by atoms with E-state index < -0.39 is 11.9 Å². The van der Waals surface area contributed by atoms with Crippen LogP contribution in [0.4, 0.5) is 4.39 Å². The first-order chi connectivity index (χ1) is 9.61. The van der Waals surface area contributed by atoms with Crippen molar-refractivity contribution in [3.8, 4) is 5.75 Å². The second kappa shape index (κ2) is 6.70. The summed E-state index contributed by atoms with van der Waals surface area (Å²) in [7, 11) is 1.36. The average molecular weight is 281 g/mol. The standard InChI is InChI=1S/C15H20FNO3/c1-20-14-9-10(7-8-11(14)16)15(19)17-12-5-3-2-4-6-13(12)18/h7-9,12-13,18H,2-6H2,1H3,(H,17,19). The molecule has 0 bridgehead atoms. The molecular formula is C15H20FNO3. The molecule has 1 aliphatic carbocycles. The lowest BCUT2D eigenvalue weighted by atomic mass is 10.1. The summed E-state index contributed by atoms with van der Waals surface area (Å²) in [5.41, 5.74) is 0.333. The van der Waals surface area contributed by atoms with Crippen LogP contribution in [0.25, 0.3) is 0 Å². The number of halogens is 1. The summed E-state index contributed by atoms with van der Waals surface area (Å²) in [6.45, 7) is 0. The van der Waals surface area contributed by atoms with Gasteiger partial charge >= 0.3 is 0 Å². The minimum absolute atomic E-state index is 0.0408. The van der Waals surface area contributed by atoms with Gasteiger partial charge in [0.05, 0.1) is 19.3 Å². The van der Waals surface area contributed by atoms with E-state index in [4.69, 9.17) is 4.74 Å². The van der Waals surface area contributed by atoms with Gasteiger partial charge in [0.15, 0.2) is 11.6 Å². The lowest BCUT2D eigenvalue weighted by Crippen LogP contribution is -2.42. The maximum Gasteiger partial charge on any atom is 0.251 e. The van der Waals surface area contributed by atoms with Crippen LogP contribution in [-0.2, 0) is 0 Å². The van der Waals surface area contributed by atoms with Crippen molar-refractivity contribution in [2.45, 2.75) is 44.2 Å². The molecule has 1 fully saturated rings. The van der Waals surface area contributed by atoms with E-state index in [1.807, 2.05) is 0 Å². The minimum atomic E-state index is -0.510. The van der Waals surface area contributed by atoms with Crippen molar-refractivity contribution in [3.63, 3.8) is 0 Å². The second-order valence-electron chi connectivity index (χ2n) is 5.13. The molecule has 0 saturated heterocycles. The fraction of sp³-hybridized carbons (Fsp3) is 0.533. The van der Waals surface area contributed by atoms with Crippen molar-refractivity contribution in [1.29, 1.82) is 0 Å². The summed E-state index contributed by atoms with van der Waals surface area (Å²) < 4.78 is 18.2. The van der Waals surface area contributed by atoms with Crippen LogP contribution in [0.2, 0.25) is 0 Å². The molecule has 20 heavy (non-hydrogen) atoms. The van der Waals surface area contributed by atoms with Gasteiger partial charge in [0, 0.05) is 5.56 Å². The van der Waals surface area contributed by atoms with Crippen molar-refractivity contribution >= 4 is 5.91 Å². The van der Waals surface area contributed by atoms with Crippen molar-refractivity contribution in [2.75, 3.05) is 7.11 Å². The zero-order valence-corrected chi connectivity index (χ0v) is 11.6. The number of rotatable bonds is 3. The Morgan fingerprint density at radius 2 is 2.10 bits per heavy atom. The predicted octanol–water partition coefficient (Wildman–Crippen LogP) is 2.26. The van der Waals surface area contributed by atoms with E-state index in [0.717, 1.165) is 25.7 Å². The molecule has 2 unspecified atom stereocenters. The number of ether oxygens (including phenoxy) is 1. The summed E-state index contributed by atoms with van der Waals surface area (Å²) >= 11 is 0. The Balaban J connectivity index is 2.07. The zero-order valence-electron chi connectivity index (χ0n) is 11.6. The summed E-state index contributed by atoms with van der Waals surface area (Å²) in [5, 5.41) is 12.8. The molecule has 2 atom stereocenters. The maximum atomic E-state index is 13.3. The molecule has 2 rings (SSSR count). The molecule has 0 aromatic heterocycles. The number of hydrogen-bond acceptors (Lipinski definition) is 3. The molecule has 0 radical (unpaired) electrons. The van der Waals surface area contributed by atoms with Crippen LogP contribution in [0.5, 0.6) is 5.75 Å². The van der Waals surface area contributed by atoms with Gasteiger partial charge in [-0.3, -0.25) is 4.79 Å². The number of methoxy groups -OCH3 is 1. The van der Waals surface area contributed by atoms with Gasteiger partial charge < -0.3 is 15.2 Å². The van der Waals surface area contributed by atoms with Gasteiger partial charge in [-0.2, -0.15) is 0 Å². The minimum Gasteiger partial charge on any atom is -0.494 e. The van der Waals surface area contributed by atoms with E-state index in [-0.39, 0.29) is 17.7 Å². The molecule has 1 aromatic carbocycles. The number of hydrogen-bond donors (Lipinski definition) is 2. The summed E-state index contributed by atoms with van der Waals surface area (Å²) in [6, 6.07) is 3.75. The van der Waals surface area contributed by atoms with Gasteiger partial charge in [0.25, 0.3) is 5.91 Å². The molecular weight excluding hydrogens is 261 g/mol.